The largest absolute Gasteiger partial charge is 0.489 e. The van der Waals surface area contributed by atoms with Crippen LogP contribution in [-0.2, 0) is 0 Å². The van der Waals surface area contributed by atoms with Gasteiger partial charge in [0, 0.05) is 11.5 Å². The predicted molar refractivity (Wildman–Crippen MR) is 63.2 cm³/mol. The van der Waals surface area contributed by atoms with Gasteiger partial charge in [-0.05, 0) is 31.2 Å². The first kappa shape index (κ1) is 10.8. The molecule has 16 heavy (non-hydrogen) atoms. The van der Waals surface area contributed by atoms with Crippen LogP contribution < -0.4 is 10.1 Å². The van der Waals surface area contributed by atoms with E-state index >= 15 is 0 Å². The predicted octanol–water partition coefficient (Wildman–Crippen LogP) is 2.46. The molecule has 0 aliphatic carbocycles. The molecular formula is C10H12N4OS. The Morgan fingerprint density at radius 2 is 2.12 bits per heavy atom. The van der Waals surface area contributed by atoms with E-state index in [0.29, 0.717) is 5.13 Å². The van der Waals surface area contributed by atoms with Crippen LogP contribution >= 0.6 is 11.5 Å². The molecule has 84 valence electrons. The first-order chi connectivity index (χ1) is 7.75. The number of ether oxygens (including phenoxy) is 1. The molecule has 0 saturated heterocycles. The molecule has 5 nitrogen and oxygen atoms in total. The lowest BCUT2D eigenvalue weighted by Crippen LogP contribution is -2.07. The molecule has 0 unspecified atom stereocenters. The van der Waals surface area contributed by atoms with Crippen LogP contribution in [0.3, 0.4) is 0 Å². The van der Waals surface area contributed by atoms with Gasteiger partial charge in [0.25, 0.3) is 0 Å². The SMILES string of the molecule is CC(C)Oc1ccccc1Nc1nnns1. The average molecular weight is 236 g/mol. The number of benzene rings is 1. The minimum atomic E-state index is 0.135. The van der Waals surface area contributed by atoms with Gasteiger partial charge in [-0.15, -0.1) is 0 Å². The summed E-state index contributed by atoms with van der Waals surface area (Å²) in [5, 5.41) is 11.1. The maximum absolute atomic E-state index is 5.67. The second-order valence-corrected chi connectivity index (χ2v) is 4.19. The molecule has 0 spiro atoms. The van der Waals surface area contributed by atoms with Crippen molar-refractivity contribution in [1.29, 1.82) is 0 Å². The Kier molecular flexibility index (Phi) is 3.31. The highest BCUT2D eigenvalue weighted by Gasteiger charge is 2.06. The van der Waals surface area contributed by atoms with E-state index in [9.17, 15) is 0 Å². The molecule has 1 aromatic carbocycles. The fraction of sp³-hybridized carbons (Fsp3) is 0.300. The smallest absolute Gasteiger partial charge is 0.229 e. The monoisotopic (exact) mass is 236 g/mol. The molecule has 0 fully saturated rings. The Morgan fingerprint density at radius 3 is 2.81 bits per heavy atom. The van der Waals surface area contributed by atoms with Crippen molar-refractivity contribution in [2.45, 2.75) is 20.0 Å². The molecule has 0 saturated carbocycles. The van der Waals surface area contributed by atoms with Crippen LogP contribution in [0, 0.1) is 0 Å². The maximum Gasteiger partial charge on any atom is 0.229 e. The van der Waals surface area contributed by atoms with Crippen molar-refractivity contribution in [3.05, 3.63) is 24.3 Å². The van der Waals surface area contributed by atoms with Crippen molar-refractivity contribution in [3.8, 4) is 5.75 Å². The molecule has 1 N–H and O–H groups in total. The number of hydrogen-bond donors (Lipinski definition) is 1. The van der Waals surface area contributed by atoms with Crippen molar-refractivity contribution < 1.29 is 4.74 Å². The molecule has 2 rings (SSSR count). The van der Waals surface area contributed by atoms with Gasteiger partial charge in [0.15, 0.2) is 0 Å². The summed E-state index contributed by atoms with van der Waals surface area (Å²) in [4.78, 5) is 0. The minimum Gasteiger partial charge on any atom is -0.489 e. The molecule has 1 aromatic heterocycles. The topological polar surface area (TPSA) is 59.9 Å². The summed E-state index contributed by atoms with van der Waals surface area (Å²) >= 11 is 1.21. The van der Waals surface area contributed by atoms with Gasteiger partial charge in [-0.25, -0.2) is 0 Å². The highest BCUT2D eigenvalue weighted by Crippen LogP contribution is 2.27. The third kappa shape index (κ3) is 2.66. The van der Waals surface area contributed by atoms with Crippen molar-refractivity contribution in [2.24, 2.45) is 0 Å². The fourth-order valence-electron chi connectivity index (χ4n) is 1.22. The molecule has 1 heterocycles. The zero-order valence-electron chi connectivity index (χ0n) is 9.04. The van der Waals surface area contributed by atoms with Gasteiger partial charge in [-0.2, -0.15) is 0 Å². The average Bonchev–Trinajstić information content (AvgIpc) is 2.73. The van der Waals surface area contributed by atoms with Gasteiger partial charge in [0.2, 0.25) is 5.13 Å². The lowest BCUT2D eigenvalue weighted by molar-refractivity contribution is 0.244. The van der Waals surface area contributed by atoms with Gasteiger partial charge in [0.1, 0.15) is 5.75 Å². The van der Waals surface area contributed by atoms with Gasteiger partial charge in [-0.1, -0.05) is 21.7 Å². The summed E-state index contributed by atoms with van der Waals surface area (Å²) < 4.78 is 9.35. The van der Waals surface area contributed by atoms with E-state index in [0.717, 1.165) is 11.4 Å². The zero-order valence-corrected chi connectivity index (χ0v) is 9.86. The van der Waals surface area contributed by atoms with Gasteiger partial charge in [-0.3, -0.25) is 0 Å². The molecule has 0 atom stereocenters. The Morgan fingerprint density at radius 1 is 1.31 bits per heavy atom. The molecule has 0 amide bonds. The van der Waals surface area contributed by atoms with Crippen LogP contribution in [0.25, 0.3) is 0 Å². The van der Waals surface area contributed by atoms with E-state index in [1.807, 2.05) is 38.1 Å². The third-order valence-corrected chi connectivity index (χ3v) is 2.30. The Labute approximate surface area is 97.6 Å². The second kappa shape index (κ2) is 4.89. The number of hydrogen-bond acceptors (Lipinski definition) is 6. The Balaban J connectivity index is 2.19. The van der Waals surface area contributed by atoms with Crippen LogP contribution in [0.4, 0.5) is 10.8 Å². The number of nitrogens with one attached hydrogen (secondary N) is 1. The van der Waals surface area contributed by atoms with Crippen LogP contribution in [-0.4, -0.2) is 20.9 Å². The maximum atomic E-state index is 5.67. The van der Waals surface area contributed by atoms with Crippen molar-refractivity contribution in [1.82, 2.24) is 14.8 Å². The summed E-state index contributed by atoms with van der Waals surface area (Å²) in [6, 6.07) is 7.71. The first-order valence-electron chi connectivity index (χ1n) is 4.93. The summed E-state index contributed by atoms with van der Waals surface area (Å²) in [7, 11) is 0. The summed E-state index contributed by atoms with van der Waals surface area (Å²) in [5.74, 6) is 0.799. The van der Waals surface area contributed by atoms with Crippen LogP contribution in [0.15, 0.2) is 24.3 Å². The molecule has 0 bridgehead atoms. The fourth-order valence-corrected chi connectivity index (χ4v) is 1.60. The normalized spacial score (nSPS) is 10.4. The van der Waals surface area contributed by atoms with E-state index in [1.54, 1.807) is 0 Å². The summed E-state index contributed by atoms with van der Waals surface area (Å²) in [5.41, 5.74) is 0.870. The van der Waals surface area contributed by atoms with Crippen LogP contribution in [0.1, 0.15) is 13.8 Å². The Hall–Kier alpha value is -1.69. The highest BCUT2D eigenvalue weighted by atomic mass is 32.1. The number of aromatic nitrogens is 3. The lowest BCUT2D eigenvalue weighted by atomic mass is 10.3. The molecule has 0 aliphatic heterocycles. The summed E-state index contributed by atoms with van der Waals surface area (Å²) in [6.45, 7) is 3.98. The third-order valence-electron chi connectivity index (χ3n) is 1.79. The van der Waals surface area contributed by atoms with Gasteiger partial charge in [0.05, 0.1) is 11.8 Å². The van der Waals surface area contributed by atoms with E-state index in [4.69, 9.17) is 4.74 Å². The summed E-state index contributed by atoms with van der Waals surface area (Å²) in [6.07, 6.45) is 0.135. The number of nitrogens with zero attached hydrogens (tertiary/aromatic N) is 3. The standard InChI is InChI=1S/C10H12N4OS/c1-7(2)15-9-6-4-3-5-8(9)11-10-12-13-14-16-10/h3-7H,1-2H3,(H,11,12,14). The van der Waals surface area contributed by atoms with E-state index in [1.165, 1.54) is 11.5 Å². The highest BCUT2D eigenvalue weighted by molar-refractivity contribution is 7.09. The van der Waals surface area contributed by atoms with Gasteiger partial charge >= 0.3 is 0 Å². The van der Waals surface area contributed by atoms with Crippen LogP contribution in [0.2, 0.25) is 0 Å². The lowest BCUT2D eigenvalue weighted by Gasteiger charge is -2.13. The number of para-hydroxylation sites is 2. The quantitative estimate of drug-likeness (QED) is 0.883. The van der Waals surface area contributed by atoms with Crippen molar-refractivity contribution in [3.63, 3.8) is 0 Å². The number of anilines is 2. The Bertz CT molecular complexity index is 444. The number of rotatable bonds is 4. The van der Waals surface area contributed by atoms with Crippen LogP contribution in [0.5, 0.6) is 5.75 Å². The van der Waals surface area contributed by atoms with Crippen molar-refractivity contribution >= 4 is 22.4 Å². The first-order valence-corrected chi connectivity index (χ1v) is 5.71. The van der Waals surface area contributed by atoms with E-state index in [2.05, 4.69) is 20.1 Å². The minimum absolute atomic E-state index is 0.135. The van der Waals surface area contributed by atoms with Gasteiger partial charge < -0.3 is 10.1 Å². The molecular weight excluding hydrogens is 224 g/mol. The molecule has 0 aliphatic rings. The second-order valence-electron chi connectivity index (χ2n) is 3.46. The van der Waals surface area contributed by atoms with Crippen molar-refractivity contribution in [2.75, 3.05) is 5.32 Å². The van der Waals surface area contributed by atoms with E-state index in [-0.39, 0.29) is 6.10 Å². The zero-order chi connectivity index (χ0) is 11.4. The van der Waals surface area contributed by atoms with E-state index < -0.39 is 0 Å². The molecule has 6 heteroatoms. The molecule has 2 aromatic rings. The molecule has 0 radical (unpaired) electrons.